The van der Waals surface area contributed by atoms with Gasteiger partial charge in [-0.3, -0.25) is 9.69 Å². The molecule has 1 aromatic heterocycles. The van der Waals surface area contributed by atoms with E-state index in [4.69, 9.17) is 18.9 Å². The van der Waals surface area contributed by atoms with Crippen LogP contribution < -0.4 is 18.9 Å². The summed E-state index contributed by atoms with van der Waals surface area (Å²) in [5, 5.41) is 0. The summed E-state index contributed by atoms with van der Waals surface area (Å²) in [7, 11) is 0. The van der Waals surface area contributed by atoms with Gasteiger partial charge in [0.25, 0.3) is 0 Å². The van der Waals surface area contributed by atoms with Crippen molar-refractivity contribution in [1.29, 1.82) is 0 Å². The first kappa shape index (κ1) is 40.9. The van der Waals surface area contributed by atoms with Crippen LogP contribution in [-0.4, -0.2) is 59.6 Å². The lowest BCUT2D eigenvalue weighted by atomic mass is 10.1. The molecule has 0 unspecified atom stereocenters. The topological polar surface area (TPSA) is 73.4 Å². The Morgan fingerprint density at radius 1 is 0.745 bits per heavy atom. The first-order valence-electron chi connectivity index (χ1n) is 18.8. The van der Waals surface area contributed by atoms with Crippen LogP contribution in [0.5, 0.6) is 28.9 Å². The molecule has 0 spiro atoms. The molecular formula is C46H52ClN3O5. The first-order chi connectivity index (χ1) is 26.2. The minimum atomic E-state index is 0. The molecule has 55 heavy (non-hydrogen) atoms. The van der Waals surface area contributed by atoms with Crippen molar-refractivity contribution in [2.24, 2.45) is 0 Å². The number of aryl methyl sites for hydroxylation is 3. The molecule has 288 valence electrons. The lowest BCUT2D eigenvalue weighted by molar-refractivity contribution is -0.127. The Kier molecular flexibility index (Phi) is 14.7. The summed E-state index contributed by atoms with van der Waals surface area (Å²) >= 11 is 0. The molecular weight excluding hydrogens is 710 g/mol. The summed E-state index contributed by atoms with van der Waals surface area (Å²) in [6, 6.07) is 32.6. The fraction of sp³-hybridized carbons (Fsp3) is 0.304. The summed E-state index contributed by atoms with van der Waals surface area (Å²) in [4.78, 5) is 21.9. The molecule has 6 rings (SSSR count). The Hall–Kier alpha value is -5.31. The lowest BCUT2D eigenvalue weighted by Crippen LogP contribution is -2.47. The smallest absolute Gasteiger partial charge is 0.246 e. The number of halogens is 1. The summed E-state index contributed by atoms with van der Waals surface area (Å²) < 4.78 is 23.7. The van der Waals surface area contributed by atoms with E-state index < -0.39 is 0 Å². The normalized spacial score (nSPS) is 13.1. The fourth-order valence-electron chi connectivity index (χ4n) is 6.35. The zero-order valence-corrected chi connectivity index (χ0v) is 33.3. The Bertz CT molecular complexity index is 1970. The highest BCUT2D eigenvalue weighted by atomic mass is 35.5. The predicted octanol–water partition coefficient (Wildman–Crippen LogP) is 9.57. The number of pyridine rings is 1. The molecule has 8 nitrogen and oxygen atoms in total. The van der Waals surface area contributed by atoms with Crippen molar-refractivity contribution >= 4 is 24.4 Å². The van der Waals surface area contributed by atoms with Gasteiger partial charge in [-0.25, -0.2) is 4.98 Å². The number of carbonyl (C=O) groups is 1. The predicted molar refractivity (Wildman–Crippen MR) is 222 cm³/mol. The average Bonchev–Trinajstić information content (AvgIpc) is 3.17. The van der Waals surface area contributed by atoms with Crippen molar-refractivity contribution in [3.8, 4) is 28.9 Å². The van der Waals surface area contributed by atoms with Crippen LogP contribution in [-0.2, 0) is 24.4 Å². The van der Waals surface area contributed by atoms with Crippen molar-refractivity contribution in [3.05, 3.63) is 148 Å². The quantitative estimate of drug-likeness (QED) is 0.0985. The molecule has 0 saturated carbocycles. The molecule has 9 heteroatoms. The molecule has 1 aliphatic rings. The van der Waals surface area contributed by atoms with Crippen molar-refractivity contribution < 1.29 is 23.7 Å². The SMILES string of the molecule is Cc1ccc(COc2ccc(Oc3c(C)cc(C=CC(=O)N4CCN(Cc5ccc(CCOc6ccc(OC(C)C)cc6)cc5)CC4)cc3C)nc2)cc1.Cl. The molecule has 0 atom stereocenters. The van der Waals surface area contributed by atoms with Gasteiger partial charge in [0.2, 0.25) is 11.8 Å². The van der Waals surface area contributed by atoms with Gasteiger partial charge in [0.1, 0.15) is 29.6 Å². The zero-order valence-electron chi connectivity index (χ0n) is 32.5. The highest BCUT2D eigenvalue weighted by Crippen LogP contribution is 2.30. The van der Waals surface area contributed by atoms with E-state index in [9.17, 15) is 4.79 Å². The number of benzene rings is 4. The van der Waals surface area contributed by atoms with Gasteiger partial charge < -0.3 is 23.8 Å². The third-order valence-corrected chi connectivity index (χ3v) is 9.31. The maximum absolute atomic E-state index is 13.1. The third-order valence-electron chi connectivity index (χ3n) is 9.31. The number of carbonyl (C=O) groups excluding carboxylic acids is 1. The number of nitrogens with zero attached hydrogens (tertiary/aromatic N) is 3. The van der Waals surface area contributed by atoms with Crippen LogP contribution in [0, 0.1) is 20.8 Å². The maximum Gasteiger partial charge on any atom is 0.246 e. The molecule has 0 aliphatic carbocycles. The first-order valence-corrected chi connectivity index (χ1v) is 18.8. The molecule has 4 aromatic carbocycles. The van der Waals surface area contributed by atoms with Gasteiger partial charge in [0.05, 0.1) is 18.9 Å². The third kappa shape index (κ3) is 12.4. The summed E-state index contributed by atoms with van der Waals surface area (Å²) in [5.41, 5.74) is 7.74. The van der Waals surface area contributed by atoms with Crippen molar-refractivity contribution in [2.45, 2.75) is 60.3 Å². The maximum atomic E-state index is 13.1. The van der Waals surface area contributed by atoms with Crippen molar-refractivity contribution in [1.82, 2.24) is 14.8 Å². The average molecular weight is 762 g/mol. The van der Waals surface area contributed by atoms with Crippen LogP contribution in [0.4, 0.5) is 0 Å². The van der Waals surface area contributed by atoms with Gasteiger partial charge in [-0.2, -0.15) is 0 Å². The van der Waals surface area contributed by atoms with Gasteiger partial charge in [0.15, 0.2) is 0 Å². The summed E-state index contributed by atoms with van der Waals surface area (Å²) in [6.07, 6.45) is 6.24. The second-order valence-corrected chi connectivity index (χ2v) is 14.2. The second kappa shape index (κ2) is 19.9. The number of aromatic nitrogens is 1. The molecule has 1 aliphatic heterocycles. The molecule has 2 heterocycles. The van der Waals surface area contributed by atoms with Gasteiger partial charge in [0, 0.05) is 51.3 Å². The monoisotopic (exact) mass is 761 g/mol. The number of rotatable bonds is 15. The summed E-state index contributed by atoms with van der Waals surface area (Å²) in [6.45, 7) is 15.2. The van der Waals surface area contributed by atoms with Gasteiger partial charge >= 0.3 is 0 Å². The van der Waals surface area contributed by atoms with E-state index in [1.165, 1.54) is 16.7 Å². The van der Waals surface area contributed by atoms with E-state index in [-0.39, 0.29) is 24.4 Å². The van der Waals surface area contributed by atoms with E-state index in [2.05, 4.69) is 65.3 Å². The number of ether oxygens (including phenoxy) is 4. The fourth-order valence-corrected chi connectivity index (χ4v) is 6.35. The van der Waals surface area contributed by atoms with Crippen LogP contribution >= 0.6 is 12.4 Å². The van der Waals surface area contributed by atoms with E-state index in [1.807, 2.05) is 87.2 Å². The zero-order chi connectivity index (χ0) is 37.9. The lowest BCUT2D eigenvalue weighted by Gasteiger charge is -2.34. The van der Waals surface area contributed by atoms with Gasteiger partial charge in [-0.15, -0.1) is 12.4 Å². The van der Waals surface area contributed by atoms with Crippen LogP contribution in [0.15, 0.2) is 109 Å². The number of piperazine rings is 1. The largest absolute Gasteiger partial charge is 0.493 e. The van der Waals surface area contributed by atoms with Crippen LogP contribution in [0.2, 0.25) is 0 Å². The number of hydrogen-bond acceptors (Lipinski definition) is 7. The second-order valence-electron chi connectivity index (χ2n) is 14.2. The standard InChI is InChI=1S/C46H51N3O5.ClH/c1-33(2)53-42-17-15-41(16-18-42)51-27-22-37-10-12-38(13-11-37)31-48-23-25-49(26-24-48)45(50)21-14-40-28-35(4)46(36(5)29-40)54-44-20-19-43(30-47-44)52-32-39-8-6-34(3)7-9-39;/h6-21,28-30,33H,22-27,31-32H2,1-5H3;1H. The molecule has 1 saturated heterocycles. The van der Waals surface area contributed by atoms with E-state index in [0.717, 1.165) is 65.6 Å². The number of hydrogen-bond donors (Lipinski definition) is 0. The Labute approximate surface area is 332 Å². The van der Waals surface area contributed by atoms with Crippen molar-refractivity contribution in [2.75, 3.05) is 32.8 Å². The molecule has 0 bridgehead atoms. The molecule has 1 amide bonds. The molecule has 5 aromatic rings. The number of amides is 1. The van der Waals surface area contributed by atoms with Gasteiger partial charge in [-0.1, -0.05) is 54.1 Å². The van der Waals surface area contributed by atoms with Crippen LogP contribution in [0.25, 0.3) is 6.08 Å². The van der Waals surface area contributed by atoms with Gasteiger partial charge in [-0.05, 0) is 117 Å². The molecule has 1 fully saturated rings. The van der Waals surface area contributed by atoms with Crippen molar-refractivity contribution in [3.63, 3.8) is 0 Å². The highest BCUT2D eigenvalue weighted by Gasteiger charge is 2.20. The molecule has 0 N–H and O–H groups in total. The Morgan fingerprint density at radius 2 is 1.36 bits per heavy atom. The molecule has 0 radical (unpaired) electrons. The summed E-state index contributed by atoms with van der Waals surface area (Å²) in [5.74, 6) is 3.67. The van der Waals surface area contributed by atoms with Crippen LogP contribution in [0.3, 0.4) is 0 Å². The van der Waals surface area contributed by atoms with E-state index in [1.54, 1.807) is 12.3 Å². The highest BCUT2D eigenvalue weighted by molar-refractivity contribution is 5.92. The van der Waals surface area contributed by atoms with Crippen LogP contribution in [0.1, 0.15) is 52.8 Å². The van der Waals surface area contributed by atoms with E-state index >= 15 is 0 Å². The Morgan fingerprint density at radius 3 is 2.00 bits per heavy atom. The minimum absolute atomic E-state index is 0. The van der Waals surface area contributed by atoms with E-state index in [0.29, 0.717) is 37.9 Å². The minimum Gasteiger partial charge on any atom is -0.493 e. The Balaban J connectivity index is 0.00000580.